The summed E-state index contributed by atoms with van der Waals surface area (Å²) in [7, 11) is 0. The van der Waals surface area contributed by atoms with Crippen LogP contribution in [-0.2, 0) is 4.79 Å². The smallest absolute Gasteiger partial charge is 0.278 e. The van der Waals surface area contributed by atoms with E-state index in [0.717, 1.165) is 16.3 Å². The van der Waals surface area contributed by atoms with Gasteiger partial charge in [-0.3, -0.25) is 9.59 Å². The summed E-state index contributed by atoms with van der Waals surface area (Å²) in [6, 6.07) is 17.8. The number of amidine groups is 1. The Kier molecular flexibility index (Phi) is 8.28. The summed E-state index contributed by atoms with van der Waals surface area (Å²) in [6.07, 6.45) is 4.15. The number of rotatable bonds is 7. The average Bonchev–Trinajstić information content (AvgIpc) is 2.89. The zero-order valence-electron chi connectivity index (χ0n) is 20.0. The maximum atomic E-state index is 13.2. The summed E-state index contributed by atoms with van der Waals surface area (Å²) in [5, 5.41) is 5.73. The van der Waals surface area contributed by atoms with Crippen LogP contribution in [0, 0.1) is 0 Å². The van der Waals surface area contributed by atoms with Crippen LogP contribution in [0.2, 0.25) is 10.0 Å². The Morgan fingerprint density at radius 3 is 2.51 bits per heavy atom. The van der Waals surface area contributed by atoms with E-state index in [1.807, 2.05) is 30.3 Å². The van der Waals surface area contributed by atoms with Gasteiger partial charge < -0.3 is 22.5 Å². The molecule has 2 unspecified atom stereocenters. The molecule has 1 aliphatic carbocycles. The Bertz CT molecular complexity index is 1450. The molecule has 1 aliphatic rings. The van der Waals surface area contributed by atoms with Crippen molar-refractivity contribution >= 4 is 51.6 Å². The van der Waals surface area contributed by atoms with Crippen LogP contribution in [-0.4, -0.2) is 30.2 Å². The van der Waals surface area contributed by atoms with Gasteiger partial charge in [0.1, 0.15) is 5.84 Å². The van der Waals surface area contributed by atoms with Crippen molar-refractivity contribution in [1.29, 1.82) is 0 Å². The third-order valence-electron chi connectivity index (χ3n) is 6.25. The molecule has 3 aromatic carbocycles. The summed E-state index contributed by atoms with van der Waals surface area (Å²) >= 11 is 12.2. The molecule has 0 saturated heterocycles. The molecule has 0 radical (unpaired) electrons. The van der Waals surface area contributed by atoms with Crippen molar-refractivity contribution in [1.82, 2.24) is 5.32 Å². The van der Waals surface area contributed by atoms with Crippen LogP contribution in [0.25, 0.3) is 10.8 Å². The fourth-order valence-electron chi connectivity index (χ4n) is 4.27. The van der Waals surface area contributed by atoms with Gasteiger partial charge in [-0.05, 0) is 59.6 Å². The third kappa shape index (κ3) is 6.20. The number of hydrogen-bond acceptors (Lipinski definition) is 4. The first-order valence-electron chi connectivity index (χ1n) is 11.8. The van der Waals surface area contributed by atoms with Gasteiger partial charge >= 0.3 is 0 Å². The minimum atomic E-state index is -0.514. The topological polar surface area (TPSA) is 137 Å². The number of nitrogens with one attached hydrogen (secondary N) is 1. The van der Waals surface area contributed by atoms with Gasteiger partial charge in [0.2, 0.25) is 5.91 Å². The number of nitrogens with zero attached hydrogens (tertiary/aromatic N) is 1. The van der Waals surface area contributed by atoms with Gasteiger partial charge in [-0.25, -0.2) is 0 Å². The molecule has 3 aromatic rings. The molecule has 0 fully saturated rings. The Hall–Kier alpha value is -3.65. The summed E-state index contributed by atoms with van der Waals surface area (Å²) < 4.78 is 0. The minimum Gasteiger partial charge on any atom is -0.398 e. The van der Waals surface area contributed by atoms with Crippen LogP contribution in [0.4, 0.5) is 0 Å². The standard InChI is InChI=1S/C28H27Cl2N5O2/c29-23-9-7-18(14-24(23)30)21(11-12-31)28(37)34-20-8-10-25(32)22(15-20)26(33)35-27(36)19-6-5-16-3-1-2-4-17(16)13-19/h1-10,13-14,20-21H,11-12,15,31-32H2,(H,34,37)(H2,33,35,36). The molecule has 7 nitrogen and oxygen atoms in total. The lowest BCUT2D eigenvalue weighted by atomic mass is 9.92. The first-order valence-corrected chi connectivity index (χ1v) is 12.5. The number of allylic oxidation sites excluding steroid dienone is 1. The van der Waals surface area contributed by atoms with Crippen molar-refractivity contribution in [2.24, 2.45) is 22.2 Å². The van der Waals surface area contributed by atoms with E-state index in [0.29, 0.717) is 39.8 Å². The third-order valence-corrected chi connectivity index (χ3v) is 6.99. The summed E-state index contributed by atoms with van der Waals surface area (Å²) in [5.41, 5.74) is 20.2. The lowest BCUT2D eigenvalue weighted by Gasteiger charge is -2.24. The molecule has 0 aliphatic heterocycles. The number of amides is 2. The molecular formula is C28H27Cl2N5O2. The zero-order chi connectivity index (χ0) is 26.5. The van der Waals surface area contributed by atoms with E-state index >= 15 is 0 Å². The lowest BCUT2D eigenvalue weighted by Crippen LogP contribution is -2.40. The number of aliphatic imine (C=N–C) groups is 1. The van der Waals surface area contributed by atoms with E-state index in [-0.39, 0.29) is 18.2 Å². The van der Waals surface area contributed by atoms with E-state index in [1.165, 1.54) is 0 Å². The average molecular weight is 536 g/mol. The maximum Gasteiger partial charge on any atom is 0.278 e. The Morgan fingerprint density at radius 2 is 1.78 bits per heavy atom. The van der Waals surface area contributed by atoms with E-state index in [9.17, 15) is 9.59 Å². The molecule has 37 heavy (non-hydrogen) atoms. The Labute approximate surface area is 225 Å². The quantitative estimate of drug-likeness (QED) is 0.262. The molecule has 190 valence electrons. The minimum absolute atomic E-state index is 0.0160. The number of carbonyl (C=O) groups excluding carboxylic acids is 2. The predicted molar refractivity (Wildman–Crippen MR) is 150 cm³/mol. The molecule has 0 bridgehead atoms. The van der Waals surface area contributed by atoms with E-state index < -0.39 is 17.9 Å². The predicted octanol–water partition coefficient (Wildman–Crippen LogP) is 4.43. The van der Waals surface area contributed by atoms with Crippen LogP contribution in [0.15, 0.2) is 89.1 Å². The molecule has 0 aromatic heterocycles. The molecule has 7 N–H and O–H groups in total. The monoisotopic (exact) mass is 535 g/mol. The highest BCUT2D eigenvalue weighted by Crippen LogP contribution is 2.29. The maximum absolute atomic E-state index is 13.2. The number of benzene rings is 3. The van der Waals surface area contributed by atoms with Gasteiger partial charge in [0.25, 0.3) is 5.91 Å². The van der Waals surface area contributed by atoms with Crippen molar-refractivity contribution in [2.75, 3.05) is 6.54 Å². The molecule has 4 rings (SSSR count). The summed E-state index contributed by atoms with van der Waals surface area (Å²) in [6.45, 7) is 0.313. The van der Waals surface area contributed by atoms with Crippen LogP contribution in [0.5, 0.6) is 0 Å². The first-order chi connectivity index (χ1) is 17.8. The van der Waals surface area contributed by atoms with Gasteiger partial charge in [0.05, 0.1) is 22.0 Å². The molecule has 0 heterocycles. The second-order valence-corrected chi connectivity index (χ2v) is 9.59. The van der Waals surface area contributed by atoms with E-state index in [4.69, 9.17) is 40.4 Å². The molecule has 2 atom stereocenters. The molecule has 9 heteroatoms. The first kappa shape index (κ1) is 26.4. The normalized spacial score (nSPS) is 16.6. The molecule has 0 saturated carbocycles. The van der Waals surface area contributed by atoms with Gasteiger partial charge in [-0.15, -0.1) is 0 Å². The number of hydrogen-bond donors (Lipinski definition) is 4. The molecule has 0 spiro atoms. The van der Waals surface area contributed by atoms with Crippen molar-refractivity contribution in [3.8, 4) is 0 Å². The van der Waals surface area contributed by atoms with Crippen molar-refractivity contribution < 1.29 is 9.59 Å². The van der Waals surface area contributed by atoms with E-state index in [2.05, 4.69) is 10.3 Å². The van der Waals surface area contributed by atoms with Crippen molar-refractivity contribution in [3.05, 3.63) is 105 Å². The largest absolute Gasteiger partial charge is 0.398 e. The SMILES string of the molecule is NCCC(C(=O)NC1C=CC(N)=C(C(N)=NC(=O)c2ccc3ccccc3c2)C1)c1ccc(Cl)c(Cl)c1. The van der Waals surface area contributed by atoms with E-state index in [1.54, 1.807) is 42.5 Å². The number of nitrogens with two attached hydrogens (primary N) is 3. The highest BCUT2D eigenvalue weighted by atomic mass is 35.5. The zero-order valence-corrected chi connectivity index (χ0v) is 21.5. The van der Waals surface area contributed by atoms with Crippen molar-refractivity contribution in [3.63, 3.8) is 0 Å². The second kappa shape index (κ2) is 11.6. The highest BCUT2D eigenvalue weighted by molar-refractivity contribution is 6.42. The summed E-state index contributed by atoms with van der Waals surface area (Å²) in [4.78, 5) is 30.1. The van der Waals surface area contributed by atoms with Crippen LogP contribution in [0.3, 0.4) is 0 Å². The molecular weight excluding hydrogens is 509 g/mol. The summed E-state index contributed by atoms with van der Waals surface area (Å²) in [5.74, 6) is -1.19. The van der Waals surface area contributed by atoms with Crippen molar-refractivity contribution in [2.45, 2.75) is 24.8 Å². The highest BCUT2D eigenvalue weighted by Gasteiger charge is 2.25. The number of fused-ring (bicyclic) bond motifs is 1. The van der Waals surface area contributed by atoms with Crippen LogP contribution < -0.4 is 22.5 Å². The Morgan fingerprint density at radius 1 is 1.03 bits per heavy atom. The second-order valence-electron chi connectivity index (χ2n) is 8.78. The fourth-order valence-corrected chi connectivity index (χ4v) is 4.58. The van der Waals surface area contributed by atoms with Gasteiger partial charge in [-0.1, -0.05) is 65.7 Å². The van der Waals surface area contributed by atoms with Gasteiger partial charge in [-0.2, -0.15) is 4.99 Å². The van der Waals surface area contributed by atoms with Gasteiger partial charge in [0, 0.05) is 23.3 Å². The number of halogens is 2. The van der Waals surface area contributed by atoms with Gasteiger partial charge in [0.15, 0.2) is 0 Å². The fraction of sp³-hybridized carbons (Fsp3) is 0.179. The van der Waals surface area contributed by atoms with Crippen LogP contribution >= 0.6 is 23.2 Å². The van der Waals surface area contributed by atoms with Crippen LogP contribution in [0.1, 0.15) is 34.7 Å². The number of carbonyl (C=O) groups is 2. The Balaban J connectivity index is 1.48. The lowest BCUT2D eigenvalue weighted by molar-refractivity contribution is -0.123. The molecule has 2 amide bonds.